The average Bonchev–Trinajstić information content (AvgIpc) is 3.01. The summed E-state index contributed by atoms with van der Waals surface area (Å²) in [5.41, 5.74) is 0.781. The number of ether oxygens (including phenoxy) is 2. The van der Waals surface area contributed by atoms with Gasteiger partial charge in [-0.15, -0.1) is 11.3 Å². The quantitative estimate of drug-likeness (QED) is 0.557. The Bertz CT molecular complexity index is 704. The van der Waals surface area contributed by atoms with Crippen LogP contribution >= 0.6 is 22.9 Å². The second-order valence-electron chi connectivity index (χ2n) is 4.56. The highest BCUT2D eigenvalue weighted by Crippen LogP contribution is 2.36. The van der Waals surface area contributed by atoms with Crippen molar-refractivity contribution in [2.75, 3.05) is 14.2 Å². The molecule has 0 unspecified atom stereocenters. The predicted molar refractivity (Wildman–Crippen MR) is 91.6 cm³/mol. The minimum Gasteiger partial charge on any atom is -0.493 e. The van der Waals surface area contributed by atoms with Gasteiger partial charge in [-0.25, -0.2) is 0 Å². The van der Waals surface area contributed by atoms with Crippen molar-refractivity contribution in [2.45, 2.75) is 13.3 Å². The Morgan fingerprint density at radius 3 is 2.64 bits per heavy atom. The van der Waals surface area contributed by atoms with E-state index in [1.807, 2.05) is 12.1 Å². The predicted octanol–water partition coefficient (Wildman–Crippen LogP) is 4.88. The summed E-state index contributed by atoms with van der Waals surface area (Å²) in [7, 11) is 3.08. The van der Waals surface area contributed by atoms with Crippen molar-refractivity contribution in [3.8, 4) is 11.5 Å². The van der Waals surface area contributed by atoms with Gasteiger partial charge in [0.05, 0.1) is 24.1 Å². The third-order valence-electron chi connectivity index (χ3n) is 3.14. The van der Waals surface area contributed by atoms with E-state index in [-0.39, 0.29) is 5.78 Å². The molecule has 0 atom stereocenters. The van der Waals surface area contributed by atoms with Gasteiger partial charge in [0.25, 0.3) is 0 Å². The molecule has 0 radical (unpaired) electrons. The minimum absolute atomic E-state index is 0.0180. The summed E-state index contributed by atoms with van der Waals surface area (Å²) in [4.78, 5) is 14.1. The van der Waals surface area contributed by atoms with Gasteiger partial charge < -0.3 is 9.47 Å². The van der Waals surface area contributed by atoms with Crippen molar-refractivity contribution in [2.24, 2.45) is 0 Å². The first-order valence-corrected chi connectivity index (χ1v) is 8.01. The van der Waals surface area contributed by atoms with Crippen molar-refractivity contribution in [1.29, 1.82) is 0 Å². The van der Waals surface area contributed by atoms with Crippen LogP contribution in [-0.4, -0.2) is 20.0 Å². The third-order valence-corrected chi connectivity index (χ3v) is 4.66. The summed E-state index contributed by atoms with van der Waals surface area (Å²) in [5, 5.41) is 0.443. The zero-order valence-electron chi connectivity index (χ0n) is 12.7. The zero-order valence-corrected chi connectivity index (χ0v) is 14.3. The minimum atomic E-state index is -0.0180. The van der Waals surface area contributed by atoms with Crippen LogP contribution in [0.4, 0.5) is 0 Å². The van der Waals surface area contributed by atoms with Crippen LogP contribution in [0.2, 0.25) is 5.02 Å². The van der Waals surface area contributed by atoms with Crippen molar-refractivity contribution in [3.05, 3.63) is 50.7 Å². The maximum absolute atomic E-state index is 12.1. The molecule has 0 aliphatic carbocycles. The van der Waals surface area contributed by atoms with E-state index >= 15 is 0 Å². The number of rotatable bonds is 6. The molecule has 2 rings (SSSR count). The average molecular weight is 337 g/mol. The number of benzene rings is 1. The van der Waals surface area contributed by atoms with E-state index in [4.69, 9.17) is 21.1 Å². The van der Waals surface area contributed by atoms with Gasteiger partial charge in [0.15, 0.2) is 17.3 Å². The van der Waals surface area contributed by atoms with Gasteiger partial charge in [0.2, 0.25) is 0 Å². The fraction of sp³-hybridized carbons (Fsp3) is 0.235. The largest absolute Gasteiger partial charge is 0.493 e. The Labute approximate surface area is 139 Å². The van der Waals surface area contributed by atoms with Crippen LogP contribution in [-0.2, 0) is 6.42 Å². The van der Waals surface area contributed by atoms with Gasteiger partial charge in [-0.1, -0.05) is 24.6 Å². The molecule has 116 valence electrons. The van der Waals surface area contributed by atoms with E-state index in [0.717, 1.165) is 16.9 Å². The number of thiophene rings is 1. The molecule has 1 aromatic heterocycles. The highest BCUT2D eigenvalue weighted by atomic mass is 35.5. The molecule has 22 heavy (non-hydrogen) atoms. The SMILES string of the molecule is CCc1ccc(C(=O)/C=C/c2cc(Cl)c(OC)c(OC)c2)s1. The fourth-order valence-electron chi connectivity index (χ4n) is 1.99. The molecule has 0 aliphatic rings. The summed E-state index contributed by atoms with van der Waals surface area (Å²) in [5.74, 6) is 1.00. The van der Waals surface area contributed by atoms with E-state index in [9.17, 15) is 4.79 Å². The summed E-state index contributed by atoms with van der Waals surface area (Å²) in [6.07, 6.45) is 4.21. The molecule has 1 aromatic carbocycles. The Kier molecular flexibility index (Phi) is 5.63. The molecular formula is C17H17ClO3S. The molecule has 0 amide bonds. The Morgan fingerprint density at radius 2 is 2.05 bits per heavy atom. The molecular weight excluding hydrogens is 320 g/mol. The molecule has 5 heteroatoms. The molecule has 0 saturated heterocycles. The van der Waals surface area contributed by atoms with E-state index in [2.05, 4.69) is 6.92 Å². The van der Waals surface area contributed by atoms with Gasteiger partial charge in [-0.3, -0.25) is 4.79 Å². The fourth-order valence-corrected chi connectivity index (χ4v) is 3.15. The standard InChI is InChI=1S/C17H17ClO3S/c1-4-12-6-8-16(22-12)14(19)7-5-11-9-13(18)17(21-3)15(10-11)20-2/h5-10H,4H2,1-3H3/b7-5+. The first-order valence-electron chi connectivity index (χ1n) is 6.81. The highest BCUT2D eigenvalue weighted by Gasteiger charge is 2.10. The van der Waals surface area contributed by atoms with Crippen LogP contribution in [0.3, 0.4) is 0 Å². The lowest BCUT2D eigenvalue weighted by atomic mass is 10.1. The Morgan fingerprint density at radius 1 is 1.27 bits per heavy atom. The molecule has 0 saturated carbocycles. The first-order chi connectivity index (χ1) is 10.6. The van der Waals surface area contributed by atoms with E-state index in [1.165, 1.54) is 23.3 Å². The number of hydrogen-bond donors (Lipinski definition) is 0. The molecule has 0 aliphatic heterocycles. The maximum Gasteiger partial charge on any atom is 0.195 e. The Hall–Kier alpha value is -1.78. The van der Waals surface area contributed by atoms with Crippen LogP contribution in [0.1, 0.15) is 27.0 Å². The van der Waals surface area contributed by atoms with Gasteiger partial charge in [-0.2, -0.15) is 0 Å². The molecule has 2 aromatic rings. The van der Waals surface area contributed by atoms with Crippen LogP contribution in [0.5, 0.6) is 11.5 Å². The van der Waals surface area contributed by atoms with Crippen LogP contribution < -0.4 is 9.47 Å². The lowest BCUT2D eigenvalue weighted by molar-refractivity contribution is 0.105. The molecule has 0 bridgehead atoms. The van der Waals surface area contributed by atoms with Crippen LogP contribution in [0, 0.1) is 0 Å². The zero-order chi connectivity index (χ0) is 16.1. The van der Waals surface area contributed by atoms with Crippen molar-refractivity contribution in [1.82, 2.24) is 0 Å². The van der Waals surface area contributed by atoms with Gasteiger partial charge in [-0.05, 0) is 42.3 Å². The van der Waals surface area contributed by atoms with Crippen molar-refractivity contribution >= 4 is 34.8 Å². The second-order valence-corrected chi connectivity index (χ2v) is 6.13. The van der Waals surface area contributed by atoms with E-state index < -0.39 is 0 Å². The molecule has 3 nitrogen and oxygen atoms in total. The van der Waals surface area contributed by atoms with Gasteiger partial charge in [0.1, 0.15) is 0 Å². The summed E-state index contributed by atoms with van der Waals surface area (Å²) < 4.78 is 10.4. The topological polar surface area (TPSA) is 35.5 Å². The molecule has 0 N–H and O–H groups in total. The number of carbonyl (C=O) groups excluding carboxylic acids is 1. The molecule has 1 heterocycles. The second kappa shape index (κ2) is 7.47. The smallest absolute Gasteiger partial charge is 0.195 e. The molecule has 0 spiro atoms. The number of aryl methyl sites for hydroxylation is 1. The van der Waals surface area contributed by atoms with Gasteiger partial charge >= 0.3 is 0 Å². The third kappa shape index (κ3) is 3.70. The maximum atomic E-state index is 12.1. The number of ketones is 1. The summed E-state index contributed by atoms with van der Waals surface area (Å²) in [6, 6.07) is 7.36. The summed E-state index contributed by atoms with van der Waals surface area (Å²) in [6.45, 7) is 2.07. The van der Waals surface area contributed by atoms with E-state index in [1.54, 1.807) is 31.4 Å². The first kappa shape index (κ1) is 16.6. The lowest BCUT2D eigenvalue weighted by Gasteiger charge is -2.10. The summed E-state index contributed by atoms with van der Waals surface area (Å²) >= 11 is 7.67. The van der Waals surface area contributed by atoms with Crippen molar-refractivity contribution < 1.29 is 14.3 Å². The monoisotopic (exact) mass is 336 g/mol. The normalized spacial score (nSPS) is 10.9. The van der Waals surface area contributed by atoms with Crippen LogP contribution in [0.15, 0.2) is 30.3 Å². The van der Waals surface area contributed by atoms with Crippen LogP contribution in [0.25, 0.3) is 6.08 Å². The number of hydrogen-bond acceptors (Lipinski definition) is 4. The molecule has 0 fully saturated rings. The van der Waals surface area contributed by atoms with E-state index in [0.29, 0.717) is 16.5 Å². The van der Waals surface area contributed by atoms with Crippen molar-refractivity contribution in [3.63, 3.8) is 0 Å². The number of allylic oxidation sites excluding steroid dienone is 1. The lowest BCUT2D eigenvalue weighted by Crippen LogP contribution is -1.93. The highest BCUT2D eigenvalue weighted by molar-refractivity contribution is 7.14. The number of methoxy groups -OCH3 is 2. The van der Waals surface area contributed by atoms with Gasteiger partial charge in [0, 0.05) is 4.88 Å². The number of halogens is 1. The number of carbonyl (C=O) groups is 1. The Balaban J connectivity index is 2.22.